The van der Waals surface area contributed by atoms with Crippen molar-refractivity contribution in [3.8, 4) is 0 Å². The van der Waals surface area contributed by atoms with Gasteiger partial charge >= 0.3 is 0 Å². The van der Waals surface area contributed by atoms with Gasteiger partial charge in [-0.05, 0) is 12.6 Å². The fourth-order valence-electron chi connectivity index (χ4n) is 3.58. The van der Waals surface area contributed by atoms with Crippen LogP contribution in [-0.4, -0.2) is 36.0 Å². The Kier molecular flexibility index (Phi) is 4.86. The van der Waals surface area contributed by atoms with E-state index in [-0.39, 0.29) is 23.8 Å². The highest BCUT2D eigenvalue weighted by atomic mass is 16.2. The zero-order valence-corrected chi connectivity index (χ0v) is 13.7. The molecule has 0 spiro atoms. The molecule has 0 aliphatic carbocycles. The number of likely N-dealkylation sites (tertiary alicyclic amines) is 1. The lowest BCUT2D eigenvalue weighted by Crippen LogP contribution is -2.68. The van der Waals surface area contributed by atoms with Gasteiger partial charge in [-0.25, -0.2) is 0 Å². The van der Waals surface area contributed by atoms with Crippen LogP contribution in [0.4, 0.5) is 0 Å². The molecule has 2 atom stereocenters. The van der Waals surface area contributed by atoms with Crippen LogP contribution in [0.15, 0.2) is 30.3 Å². The van der Waals surface area contributed by atoms with Gasteiger partial charge in [0.1, 0.15) is 5.66 Å². The highest BCUT2D eigenvalue weighted by molar-refractivity contribution is 5.77. The Hall–Kier alpha value is -1.88. The molecule has 1 aliphatic heterocycles. The van der Waals surface area contributed by atoms with Crippen LogP contribution in [0.3, 0.4) is 0 Å². The molecule has 120 valence electrons. The number of piperidine rings is 1. The second-order valence-electron chi connectivity index (χ2n) is 6.21. The minimum atomic E-state index is -0.704. The first-order valence-electron chi connectivity index (χ1n) is 7.68. The first-order valence-corrected chi connectivity index (χ1v) is 7.68. The van der Waals surface area contributed by atoms with E-state index in [9.17, 15) is 9.59 Å². The van der Waals surface area contributed by atoms with E-state index in [2.05, 4.69) is 41.6 Å². The third-order valence-electron chi connectivity index (χ3n) is 4.52. The summed E-state index contributed by atoms with van der Waals surface area (Å²) in [7, 11) is 2.08. The first-order chi connectivity index (χ1) is 10.4. The molecule has 0 bridgehead atoms. The Bertz CT molecular complexity index is 528. The van der Waals surface area contributed by atoms with Crippen molar-refractivity contribution in [2.75, 3.05) is 13.6 Å². The van der Waals surface area contributed by atoms with Gasteiger partial charge in [0.05, 0.1) is 0 Å². The van der Waals surface area contributed by atoms with Crippen LogP contribution in [-0.2, 0) is 9.59 Å². The minimum Gasteiger partial charge on any atom is -0.333 e. The summed E-state index contributed by atoms with van der Waals surface area (Å²) in [5.74, 6) is -0.213. The third kappa shape index (κ3) is 3.30. The predicted octanol–water partition coefficient (Wildman–Crippen LogP) is 1.67. The summed E-state index contributed by atoms with van der Waals surface area (Å²) in [6, 6.07) is 10.3. The normalized spacial score (nSPS) is 24.5. The number of nitrogens with zero attached hydrogens (tertiary/aromatic N) is 1. The third-order valence-corrected chi connectivity index (χ3v) is 4.52. The van der Waals surface area contributed by atoms with Gasteiger partial charge in [0.25, 0.3) is 0 Å². The molecule has 0 aromatic heterocycles. The van der Waals surface area contributed by atoms with Crippen LogP contribution in [0.5, 0.6) is 0 Å². The molecule has 1 aromatic carbocycles. The standard InChI is InChI=1S/C17H25N3O2/c1-12-16(15-8-6-5-7-9-15)20(4)11-10-17(12,18-13(2)21)19-14(3)22/h5-9,12,16H,10-11H2,1-4H3,(H,18,21)(H,19,22)/t12-,16-/m1/s1. The maximum absolute atomic E-state index is 11.7. The van der Waals surface area contributed by atoms with E-state index in [1.54, 1.807) is 0 Å². The van der Waals surface area contributed by atoms with Crippen LogP contribution in [0.2, 0.25) is 0 Å². The maximum atomic E-state index is 11.7. The average Bonchev–Trinajstić information content (AvgIpc) is 2.43. The van der Waals surface area contributed by atoms with E-state index in [1.165, 1.54) is 19.4 Å². The molecule has 5 nitrogen and oxygen atoms in total. The van der Waals surface area contributed by atoms with Gasteiger partial charge in [-0.1, -0.05) is 37.3 Å². The molecule has 0 radical (unpaired) electrons. The van der Waals surface area contributed by atoms with Gasteiger partial charge in [0.2, 0.25) is 11.8 Å². The number of benzene rings is 1. The molecule has 1 aromatic rings. The maximum Gasteiger partial charge on any atom is 0.218 e. The van der Waals surface area contributed by atoms with Crippen LogP contribution in [0.25, 0.3) is 0 Å². The molecule has 1 saturated heterocycles. The smallest absolute Gasteiger partial charge is 0.218 e. The summed E-state index contributed by atoms with van der Waals surface area (Å²) in [6.45, 7) is 5.86. The molecule has 2 N–H and O–H groups in total. The molecule has 2 rings (SSSR count). The quantitative estimate of drug-likeness (QED) is 0.835. The molecule has 1 heterocycles. The summed E-state index contributed by atoms with van der Waals surface area (Å²) in [6.07, 6.45) is 0.688. The number of carbonyl (C=O) groups is 2. The molecular weight excluding hydrogens is 278 g/mol. The van der Waals surface area contributed by atoms with Crippen molar-refractivity contribution >= 4 is 11.8 Å². The number of amides is 2. The van der Waals surface area contributed by atoms with Crippen molar-refractivity contribution < 1.29 is 9.59 Å². The van der Waals surface area contributed by atoms with Crippen molar-refractivity contribution in [3.63, 3.8) is 0 Å². The van der Waals surface area contributed by atoms with E-state index < -0.39 is 5.66 Å². The predicted molar refractivity (Wildman–Crippen MR) is 86.0 cm³/mol. The Morgan fingerprint density at radius 1 is 1.14 bits per heavy atom. The second kappa shape index (κ2) is 6.48. The van der Waals surface area contributed by atoms with E-state index in [4.69, 9.17) is 0 Å². The SMILES string of the molecule is CC(=O)NC1(NC(C)=O)CCN(C)[C@@H](c2ccccc2)[C@H]1C. The number of hydrogen-bond donors (Lipinski definition) is 2. The Morgan fingerprint density at radius 3 is 2.18 bits per heavy atom. The van der Waals surface area contributed by atoms with E-state index in [1.807, 2.05) is 18.2 Å². The van der Waals surface area contributed by atoms with Crippen molar-refractivity contribution in [2.24, 2.45) is 5.92 Å². The van der Waals surface area contributed by atoms with Crippen LogP contribution in [0.1, 0.15) is 38.8 Å². The highest BCUT2D eigenvalue weighted by Crippen LogP contribution is 2.39. The van der Waals surface area contributed by atoms with Crippen LogP contribution in [0, 0.1) is 5.92 Å². The summed E-state index contributed by atoms with van der Waals surface area (Å²) >= 11 is 0. The van der Waals surface area contributed by atoms with Crippen LogP contribution >= 0.6 is 0 Å². The minimum absolute atomic E-state index is 0.0430. The molecule has 0 unspecified atom stereocenters. The van der Waals surface area contributed by atoms with Gasteiger partial charge in [0.15, 0.2) is 0 Å². The second-order valence-corrected chi connectivity index (χ2v) is 6.21. The van der Waals surface area contributed by atoms with E-state index in [0.717, 1.165) is 6.54 Å². The molecule has 0 saturated carbocycles. The first kappa shape index (κ1) is 16.5. The summed E-state index contributed by atoms with van der Waals surface area (Å²) in [5.41, 5.74) is 0.488. The summed E-state index contributed by atoms with van der Waals surface area (Å²) in [4.78, 5) is 25.7. The highest BCUT2D eigenvalue weighted by Gasteiger charge is 2.47. The fourth-order valence-corrected chi connectivity index (χ4v) is 3.58. The van der Waals surface area contributed by atoms with Crippen molar-refractivity contribution in [1.82, 2.24) is 15.5 Å². The van der Waals surface area contributed by atoms with E-state index >= 15 is 0 Å². The molecule has 1 fully saturated rings. The zero-order chi connectivity index (χ0) is 16.3. The van der Waals surface area contributed by atoms with E-state index in [0.29, 0.717) is 6.42 Å². The Balaban J connectivity index is 2.39. The molecule has 22 heavy (non-hydrogen) atoms. The van der Waals surface area contributed by atoms with Gasteiger partial charge in [0, 0.05) is 38.8 Å². The van der Waals surface area contributed by atoms with Crippen molar-refractivity contribution in [1.29, 1.82) is 0 Å². The topological polar surface area (TPSA) is 61.4 Å². The molecule has 1 aliphatic rings. The number of hydrogen-bond acceptors (Lipinski definition) is 3. The lowest BCUT2D eigenvalue weighted by atomic mass is 9.77. The largest absolute Gasteiger partial charge is 0.333 e. The summed E-state index contributed by atoms with van der Waals surface area (Å²) in [5, 5.41) is 6.00. The number of nitrogens with one attached hydrogen (secondary N) is 2. The van der Waals surface area contributed by atoms with Gasteiger partial charge in [-0.3, -0.25) is 14.5 Å². The lowest BCUT2D eigenvalue weighted by Gasteiger charge is -2.51. The molecule has 5 heteroatoms. The summed E-state index contributed by atoms with van der Waals surface area (Å²) < 4.78 is 0. The van der Waals surface area contributed by atoms with Crippen molar-refractivity contribution in [2.45, 2.75) is 38.9 Å². The Labute approximate surface area is 132 Å². The number of carbonyl (C=O) groups excluding carboxylic acids is 2. The van der Waals surface area contributed by atoms with Gasteiger partial charge < -0.3 is 10.6 Å². The lowest BCUT2D eigenvalue weighted by molar-refractivity contribution is -0.129. The van der Waals surface area contributed by atoms with Gasteiger partial charge in [-0.2, -0.15) is 0 Å². The average molecular weight is 303 g/mol. The monoisotopic (exact) mass is 303 g/mol. The Morgan fingerprint density at radius 2 is 1.68 bits per heavy atom. The van der Waals surface area contributed by atoms with Crippen LogP contribution < -0.4 is 10.6 Å². The van der Waals surface area contributed by atoms with Gasteiger partial charge in [-0.15, -0.1) is 0 Å². The zero-order valence-electron chi connectivity index (χ0n) is 13.7. The molecule has 2 amide bonds. The number of rotatable bonds is 3. The molecular formula is C17H25N3O2. The fraction of sp³-hybridized carbons (Fsp3) is 0.529. The van der Waals surface area contributed by atoms with Crippen molar-refractivity contribution in [3.05, 3.63) is 35.9 Å².